The number of likely N-dealkylation sites (N-methyl/N-ethyl adjacent to an activating group) is 1. The van der Waals surface area contributed by atoms with Crippen molar-refractivity contribution in [3.63, 3.8) is 0 Å². The molecule has 3 N–H and O–H groups in total. The molecule has 0 amide bonds. The Morgan fingerprint density at radius 2 is 1.94 bits per heavy atom. The summed E-state index contributed by atoms with van der Waals surface area (Å²) in [4.78, 5) is 17.2. The fraction of sp³-hybridized carbons (Fsp3) is 0.333. The first-order chi connectivity index (χ1) is 15.9. The Balaban J connectivity index is 2.08. The zero-order chi connectivity index (χ0) is 24.2. The minimum Gasteiger partial charge on any atom is -0.398 e. The zero-order valence-electron chi connectivity index (χ0n) is 20.2. The Bertz CT molecular complexity index is 1030. The maximum Gasteiger partial charge on any atom is 0.273 e. The second-order valence-corrected chi connectivity index (χ2v) is 8.12. The third kappa shape index (κ3) is 8.33. The van der Waals surface area contributed by atoms with E-state index in [9.17, 15) is 4.79 Å². The zero-order valence-corrected chi connectivity index (χ0v) is 20.2. The minimum absolute atomic E-state index is 0.340. The summed E-state index contributed by atoms with van der Waals surface area (Å²) < 4.78 is 0. The van der Waals surface area contributed by atoms with Crippen molar-refractivity contribution in [2.45, 2.75) is 20.3 Å². The molecular weight excluding hydrogens is 410 g/mol. The fourth-order valence-electron chi connectivity index (χ4n) is 3.52. The third-order valence-electron chi connectivity index (χ3n) is 5.59. The van der Waals surface area contributed by atoms with Crippen LogP contribution in [0.3, 0.4) is 0 Å². The summed E-state index contributed by atoms with van der Waals surface area (Å²) >= 11 is 0. The van der Waals surface area contributed by atoms with Gasteiger partial charge >= 0.3 is 0 Å². The average molecular weight is 448 g/mol. The van der Waals surface area contributed by atoms with E-state index in [-0.39, 0.29) is 5.56 Å². The molecular formula is C27H37N5O. The van der Waals surface area contributed by atoms with Crippen LogP contribution in [0.1, 0.15) is 31.5 Å². The van der Waals surface area contributed by atoms with Crippen LogP contribution in [0.2, 0.25) is 0 Å². The Labute approximate surface area is 197 Å². The third-order valence-corrected chi connectivity index (χ3v) is 5.59. The molecule has 1 aromatic heterocycles. The molecule has 1 fully saturated rings. The summed E-state index contributed by atoms with van der Waals surface area (Å²) in [5, 5.41) is 6.66. The van der Waals surface area contributed by atoms with Gasteiger partial charge in [0.05, 0.1) is 11.3 Å². The van der Waals surface area contributed by atoms with E-state index in [4.69, 9.17) is 5.73 Å². The highest BCUT2D eigenvalue weighted by Gasteiger charge is 2.13. The summed E-state index contributed by atoms with van der Waals surface area (Å²) in [6, 6.07) is 1.68. The van der Waals surface area contributed by atoms with E-state index in [1.165, 1.54) is 5.57 Å². The number of aromatic nitrogens is 2. The van der Waals surface area contributed by atoms with Gasteiger partial charge in [0, 0.05) is 44.0 Å². The highest BCUT2D eigenvalue weighted by Crippen LogP contribution is 2.16. The highest BCUT2D eigenvalue weighted by atomic mass is 16.1. The number of hydrogen-bond donors (Lipinski definition) is 2. The van der Waals surface area contributed by atoms with Crippen molar-refractivity contribution in [1.29, 1.82) is 0 Å². The van der Waals surface area contributed by atoms with Crippen molar-refractivity contribution in [1.82, 2.24) is 20.0 Å². The lowest BCUT2D eigenvalue weighted by Gasteiger charge is -2.32. The van der Waals surface area contributed by atoms with Crippen LogP contribution in [0.4, 0.5) is 0 Å². The van der Waals surface area contributed by atoms with E-state index in [2.05, 4.69) is 52.4 Å². The summed E-state index contributed by atoms with van der Waals surface area (Å²) in [6.07, 6.45) is 16.1. The van der Waals surface area contributed by atoms with Crippen molar-refractivity contribution in [2.75, 3.05) is 39.8 Å². The molecule has 2 heterocycles. The summed E-state index contributed by atoms with van der Waals surface area (Å²) in [5.74, 6) is 0. The Morgan fingerprint density at radius 3 is 2.58 bits per heavy atom. The van der Waals surface area contributed by atoms with E-state index >= 15 is 0 Å². The molecule has 0 bridgehead atoms. The van der Waals surface area contributed by atoms with Crippen LogP contribution >= 0.6 is 0 Å². The predicted octanol–water partition coefficient (Wildman–Crippen LogP) is 3.91. The number of nitrogens with two attached hydrogens (primary N) is 1. The number of nitrogens with one attached hydrogen (secondary N) is 1. The lowest BCUT2D eigenvalue weighted by atomic mass is 10.1. The topological polar surface area (TPSA) is 78.2 Å². The van der Waals surface area contributed by atoms with Crippen LogP contribution in [-0.2, 0) is 0 Å². The van der Waals surface area contributed by atoms with Crippen molar-refractivity contribution in [3.05, 3.63) is 101 Å². The quantitative estimate of drug-likeness (QED) is 0.532. The van der Waals surface area contributed by atoms with Gasteiger partial charge in [0.15, 0.2) is 0 Å². The second kappa shape index (κ2) is 13.4. The van der Waals surface area contributed by atoms with Crippen molar-refractivity contribution < 1.29 is 0 Å². The molecule has 1 aliphatic rings. The van der Waals surface area contributed by atoms with Gasteiger partial charge in [0.1, 0.15) is 0 Å². The van der Waals surface area contributed by atoms with Gasteiger partial charge in [-0.1, -0.05) is 61.3 Å². The maximum atomic E-state index is 12.3. The van der Waals surface area contributed by atoms with Crippen LogP contribution in [0.15, 0.2) is 83.8 Å². The molecule has 1 saturated heterocycles. The number of nitrogens with zero attached hydrogens (tertiary/aromatic N) is 3. The second-order valence-electron chi connectivity index (χ2n) is 8.12. The molecule has 0 spiro atoms. The van der Waals surface area contributed by atoms with Crippen molar-refractivity contribution in [3.8, 4) is 0 Å². The summed E-state index contributed by atoms with van der Waals surface area (Å²) in [5.41, 5.74) is 10.0. The Kier molecular flexibility index (Phi) is 10.5. The summed E-state index contributed by atoms with van der Waals surface area (Å²) in [7, 11) is 2.17. The SMILES string of the molecule is C=C/C=C(\C=C/C)c1cc(/C(N)=C/C(=C)/C=C\C(=C/C)CCN2CCN(C)CC2)c(=O)[nH]n1. The first-order valence-electron chi connectivity index (χ1n) is 11.3. The maximum absolute atomic E-state index is 12.3. The molecule has 0 saturated carbocycles. The number of hydrogen-bond acceptors (Lipinski definition) is 5. The first kappa shape index (κ1) is 26.0. The van der Waals surface area contributed by atoms with Crippen LogP contribution in [0.25, 0.3) is 11.3 Å². The van der Waals surface area contributed by atoms with E-state index in [1.54, 1.807) is 18.2 Å². The number of piperazine rings is 1. The molecule has 0 radical (unpaired) electrons. The van der Waals surface area contributed by atoms with E-state index in [1.807, 2.05) is 38.2 Å². The Hall–Kier alpha value is -3.22. The molecule has 1 aliphatic heterocycles. The molecule has 2 rings (SSSR count). The molecule has 6 heteroatoms. The lowest BCUT2D eigenvalue weighted by Crippen LogP contribution is -2.44. The molecule has 1 aromatic rings. The molecule has 33 heavy (non-hydrogen) atoms. The molecule has 0 unspecified atom stereocenters. The number of allylic oxidation sites excluding steroid dienone is 10. The first-order valence-corrected chi connectivity index (χ1v) is 11.3. The average Bonchev–Trinajstić information content (AvgIpc) is 2.80. The van der Waals surface area contributed by atoms with Gasteiger partial charge in [0.2, 0.25) is 0 Å². The number of aromatic amines is 1. The van der Waals surface area contributed by atoms with Gasteiger partial charge in [-0.15, -0.1) is 0 Å². The number of H-pyrrole nitrogens is 1. The van der Waals surface area contributed by atoms with Crippen LogP contribution in [0, 0.1) is 0 Å². The van der Waals surface area contributed by atoms with Crippen molar-refractivity contribution >= 4 is 11.3 Å². The van der Waals surface area contributed by atoms with E-state index in [0.717, 1.165) is 50.3 Å². The normalized spacial score (nSPS) is 17.2. The van der Waals surface area contributed by atoms with Crippen LogP contribution in [0.5, 0.6) is 0 Å². The molecule has 176 valence electrons. The predicted molar refractivity (Wildman–Crippen MR) is 141 cm³/mol. The lowest BCUT2D eigenvalue weighted by molar-refractivity contribution is 0.155. The molecule has 0 atom stereocenters. The monoisotopic (exact) mass is 447 g/mol. The van der Waals surface area contributed by atoms with E-state index < -0.39 is 0 Å². The van der Waals surface area contributed by atoms with Gasteiger partial charge < -0.3 is 15.5 Å². The van der Waals surface area contributed by atoms with Gasteiger partial charge in [-0.3, -0.25) is 4.79 Å². The van der Waals surface area contributed by atoms with Crippen molar-refractivity contribution in [2.24, 2.45) is 5.73 Å². The minimum atomic E-state index is -0.343. The summed E-state index contributed by atoms with van der Waals surface area (Å²) in [6.45, 7) is 17.3. The van der Waals surface area contributed by atoms with Gasteiger partial charge in [-0.05, 0) is 45.0 Å². The van der Waals surface area contributed by atoms with Gasteiger partial charge in [-0.2, -0.15) is 5.10 Å². The van der Waals surface area contributed by atoms with E-state index in [0.29, 0.717) is 17.0 Å². The Morgan fingerprint density at radius 1 is 1.21 bits per heavy atom. The highest BCUT2D eigenvalue weighted by molar-refractivity contribution is 5.75. The smallest absolute Gasteiger partial charge is 0.273 e. The van der Waals surface area contributed by atoms with Gasteiger partial charge in [0.25, 0.3) is 5.56 Å². The fourth-order valence-corrected chi connectivity index (χ4v) is 3.52. The largest absolute Gasteiger partial charge is 0.398 e. The molecule has 6 nitrogen and oxygen atoms in total. The van der Waals surface area contributed by atoms with Crippen LogP contribution < -0.4 is 11.3 Å². The van der Waals surface area contributed by atoms with Gasteiger partial charge in [-0.25, -0.2) is 5.10 Å². The standard InChI is InChI=1S/C27H37N5O/c1-6-9-23(10-7-2)26-20-24(27(33)30-29-26)25(28)19-21(4)11-12-22(8-3)13-14-32-17-15-31(5)16-18-32/h6-12,19-20H,1,4,13-18,28H2,2-3,5H3,(H,30,33)/b10-7-,12-11-,22-8+,23-9+,25-19-. The number of rotatable bonds is 10. The molecule has 0 aliphatic carbocycles. The van der Waals surface area contributed by atoms with Crippen LogP contribution in [-0.4, -0.2) is 59.8 Å². The molecule has 0 aromatic carbocycles.